The van der Waals surface area contributed by atoms with Crippen molar-refractivity contribution in [1.29, 1.82) is 0 Å². The van der Waals surface area contributed by atoms with Crippen LogP contribution in [0.2, 0.25) is 0 Å². The van der Waals surface area contributed by atoms with Gasteiger partial charge in [0.05, 0.1) is 0 Å². The van der Waals surface area contributed by atoms with Crippen LogP contribution in [0, 0.1) is 5.92 Å². The molecule has 1 amide bonds. The van der Waals surface area contributed by atoms with Gasteiger partial charge in [-0.1, -0.05) is 13.8 Å². The number of rotatable bonds is 9. The van der Waals surface area contributed by atoms with Crippen LogP contribution in [-0.2, 0) is 14.3 Å². The molecular weight excluding hydrogens is 286 g/mol. The van der Waals surface area contributed by atoms with Crippen LogP contribution in [0.3, 0.4) is 0 Å². The summed E-state index contributed by atoms with van der Waals surface area (Å²) < 4.78 is 10.5. The Kier molecular flexibility index (Phi) is 7.39. The second-order valence-corrected chi connectivity index (χ2v) is 5.39. The number of nitrogens with one attached hydrogen (secondary N) is 1. The molecule has 0 radical (unpaired) electrons. The van der Waals surface area contributed by atoms with Gasteiger partial charge in [0.2, 0.25) is 0 Å². The highest BCUT2D eigenvalue weighted by Crippen LogP contribution is 2.16. The fourth-order valence-corrected chi connectivity index (χ4v) is 1.58. The van der Waals surface area contributed by atoms with E-state index in [0.29, 0.717) is 24.0 Å². The average molecular weight is 309 g/mol. The van der Waals surface area contributed by atoms with Gasteiger partial charge >= 0.3 is 5.97 Å². The third-order valence-electron chi connectivity index (χ3n) is 2.92. The number of aliphatic carboxylic acids is 1. The lowest BCUT2D eigenvalue weighted by molar-refractivity contribution is -0.139. The Morgan fingerprint density at radius 3 is 2.36 bits per heavy atom. The summed E-state index contributed by atoms with van der Waals surface area (Å²) in [6, 6.07) is 6.50. The van der Waals surface area contributed by atoms with Crippen molar-refractivity contribution in [2.45, 2.75) is 33.3 Å². The van der Waals surface area contributed by atoms with Gasteiger partial charge in [-0.3, -0.25) is 4.79 Å². The van der Waals surface area contributed by atoms with E-state index in [0.717, 1.165) is 6.42 Å². The Morgan fingerprint density at radius 2 is 1.82 bits per heavy atom. The molecule has 0 spiro atoms. The molecule has 1 aromatic rings. The first-order valence-electron chi connectivity index (χ1n) is 7.25. The molecule has 0 fully saturated rings. The molecule has 0 heterocycles. The molecule has 0 aliphatic rings. The summed E-state index contributed by atoms with van der Waals surface area (Å²) in [6.07, 6.45) is 0.384. The van der Waals surface area contributed by atoms with Gasteiger partial charge in [-0.2, -0.15) is 0 Å². The summed E-state index contributed by atoms with van der Waals surface area (Å²) in [7, 11) is 0. The Balaban J connectivity index is 2.42. The van der Waals surface area contributed by atoms with Gasteiger partial charge < -0.3 is 19.9 Å². The smallest absolute Gasteiger partial charge is 0.341 e. The van der Waals surface area contributed by atoms with Gasteiger partial charge in [0, 0.05) is 12.3 Å². The number of carboxylic acid groups (broad SMARTS) is 1. The number of carboxylic acids is 1. The summed E-state index contributed by atoms with van der Waals surface area (Å²) in [6.45, 7) is 6.06. The summed E-state index contributed by atoms with van der Waals surface area (Å²) in [5.41, 5.74) is 0.604. The lowest BCUT2D eigenvalue weighted by Crippen LogP contribution is -2.28. The van der Waals surface area contributed by atoms with Crippen molar-refractivity contribution in [1.82, 2.24) is 0 Å². The van der Waals surface area contributed by atoms with Crippen LogP contribution in [0.15, 0.2) is 24.3 Å². The van der Waals surface area contributed by atoms with E-state index in [1.165, 1.54) is 0 Å². The molecular formula is C16H23NO5. The van der Waals surface area contributed by atoms with E-state index >= 15 is 0 Å². The largest absolute Gasteiger partial charge is 0.482 e. The predicted octanol–water partition coefficient (Wildman–Crippen LogP) is 2.54. The zero-order valence-corrected chi connectivity index (χ0v) is 13.2. The van der Waals surface area contributed by atoms with Crippen molar-refractivity contribution in [2.75, 3.05) is 18.5 Å². The molecule has 1 atom stereocenters. The maximum atomic E-state index is 11.9. The van der Waals surface area contributed by atoms with Gasteiger partial charge in [-0.15, -0.1) is 0 Å². The van der Waals surface area contributed by atoms with Crippen LogP contribution in [0.5, 0.6) is 5.75 Å². The van der Waals surface area contributed by atoms with Gasteiger partial charge in [-0.05, 0) is 43.5 Å². The highest BCUT2D eigenvalue weighted by Gasteiger charge is 2.13. The van der Waals surface area contributed by atoms with Crippen LogP contribution >= 0.6 is 0 Å². The zero-order valence-electron chi connectivity index (χ0n) is 13.2. The Bertz CT molecular complexity index is 484. The van der Waals surface area contributed by atoms with Crippen molar-refractivity contribution in [3.05, 3.63) is 24.3 Å². The number of anilines is 1. The van der Waals surface area contributed by atoms with Gasteiger partial charge in [0.25, 0.3) is 5.91 Å². The standard InChI is InChI=1S/C16H23NO5/c1-11(2)8-9-21-12(3)16(20)17-13-4-6-14(7-5-13)22-10-15(18)19/h4-7,11-12H,8-10H2,1-3H3,(H,17,20)(H,18,19). The fourth-order valence-electron chi connectivity index (χ4n) is 1.58. The SMILES string of the molecule is CC(C)CCOC(C)C(=O)Nc1ccc(OCC(=O)O)cc1. The van der Waals surface area contributed by atoms with Crippen molar-refractivity contribution < 1.29 is 24.2 Å². The van der Waals surface area contributed by atoms with Crippen LogP contribution in [0.4, 0.5) is 5.69 Å². The van der Waals surface area contributed by atoms with E-state index in [9.17, 15) is 9.59 Å². The Morgan fingerprint density at radius 1 is 1.18 bits per heavy atom. The van der Waals surface area contributed by atoms with Crippen LogP contribution in [0.1, 0.15) is 27.2 Å². The Labute approximate surface area is 130 Å². The molecule has 22 heavy (non-hydrogen) atoms. The number of hydrogen-bond donors (Lipinski definition) is 2. The molecule has 122 valence electrons. The molecule has 6 heteroatoms. The topological polar surface area (TPSA) is 84.9 Å². The van der Waals surface area contributed by atoms with Crippen molar-refractivity contribution in [3.8, 4) is 5.75 Å². The minimum Gasteiger partial charge on any atom is -0.482 e. The van der Waals surface area contributed by atoms with Gasteiger partial charge in [-0.25, -0.2) is 4.79 Å². The molecule has 2 N–H and O–H groups in total. The number of amides is 1. The first-order valence-corrected chi connectivity index (χ1v) is 7.25. The number of carbonyl (C=O) groups excluding carboxylic acids is 1. The zero-order chi connectivity index (χ0) is 16.5. The van der Waals surface area contributed by atoms with Crippen molar-refractivity contribution >= 4 is 17.6 Å². The lowest BCUT2D eigenvalue weighted by atomic mass is 10.1. The lowest BCUT2D eigenvalue weighted by Gasteiger charge is -2.14. The minimum absolute atomic E-state index is 0.219. The third kappa shape index (κ3) is 7.08. The summed E-state index contributed by atoms with van der Waals surface area (Å²) in [4.78, 5) is 22.3. The second kappa shape index (κ2) is 9.04. The molecule has 1 unspecified atom stereocenters. The molecule has 0 saturated heterocycles. The highest BCUT2D eigenvalue weighted by atomic mass is 16.5. The van der Waals surface area contributed by atoms with Gasteiger partial charge in [0.15, 0.2) is 6.61 Å². The number of benzene rings is 1. The number of ether oxygens (including phenoxy) is 2. The predicted molar refractivity (Wildman–Crippen MR) is 83.1 cm³/mol. The van der Waals surface area contributed by atoms with E-state index < -0.39 is 18.7 Å². The first-order chi connectivity index (χ1) is 10.4. The van der Waals surface area contributed by atoms with Crippen molar-refractivity contribution in [3.63, 3.8) is 0 Å². The van der Waals surface area contributed by atoms with E-state index in [1.807, 2.05) is 0 Å². The van der Waals surface area contributed by atoms with E-state index in [-0.39, 0.29) is 5.91 Å². The Hall–Kier alpha value is -2.08. The minimum atomic E-state index is -1.04. The molecule has 6 nitrogen and oxygen atoms in total. The summed E-state index contributed by atoms with van der Waals surface area (Å²) in [5, 5.41) is 11.3. The molecule has 0 bridgehead atoms. The van der Waals surface area contributed by atoms with Crippen LogP contribution < -0.4 is 10.1 Å². The number of hydrogen-bond acceptors (Lipinski definition) is 4. The van der Waals surface area contributed by atoms with Crippen LogP contribution in [0.25, 0.3) is 0 Å². The molecule has 0 aliphatic carbocycles. The number of carbonyl (C=O) groups is 2. The molecule has 0 saturated carbocycles. The molecule has 1 aromatic carbocycles. The molecule has 0 aromatic heterocycles. The summed E-state index contributed by atoms with van der Waals surface area (Å²) in [5.74, 6) is -0.289. The van der Waals surface area contributed by atoms with E-state index in [1.54, 1.807) is 31.2 Å². The maximum absolute atomic E-state index is 11.9. The molecule has 1 rings (SSSR count). The third-order valence-corrected chi connectivity index (χ3v) is 2.92. The highest BCUT2D eigenvalue weighted by molar-refractivity contribution is 5.93. The van der Waals surface area contributed by atoms with E-state index in [2.05, 4.69) is 19.2 Å². The van der Waals surface area contributed by atoms with Gasteiger partial charge in [0.1, 0.15) is 11.9 Å². The summed E-state index contributed by atoms with van der Waals surface area (Å²) >= 11 is 0. The monoisotopic (exact) mass is 309 g/mol. The second-order valence-electron chi connectivity index (χ2n) is 5.39. The average Bonchev–Trinajstić information content (AvgIpc) is 2.45. The quantitative estimate of drug-likeness (QED) is 0.732. The first kappa shape index (κ1) is 18.0. The van der Waals surface area contributed by atoms with Crippen molar-refractivity contribution in [2.24, 2.45) is 5.92 Å². The maximum Gasteiger partial charge on any atom is 0.341 e. The van der Waals surface area contributed by atoms with Crippen LogP contribution in [-0.4, -0.2) is 36.3 Å². The normalized spacial score (nSPS) is 12.0. The fraction of sp³-hybridized carbons (Fsp3) is 0.500. The van der Waals surface area contributed by atoms with E-state index in [4.69, 9.17) is 14.6 Å². The molecule has 0 aliphatic heterocycles.